The summed E-state index contributed by atoms with van der Waals surface area (Å²) in [4.78, 5) is 23.0. The highest BCUT2D eigenvalue weighted by atomic mass is 32.2. The second-order valence-electron chi connectivity index (χ2n) is 4.15. The zero-order valence-corrected chi connectivity index (χ0v) is 12.3. The minimum atomic E-state index is -0.333. The van der Waals surface area contributed by atoms with Crippen molar-refractivity contribution in [2.45, 2.75) is 36.3 Å². The Morgan fingerprint density at radius 3 is 2.89 bits per heavy atom. The van der Waals surface area contributed by atoms with Gasteiger partial charge in [-0.1, -0.05) is 23.1 Å². The van der Waals surface area contributed by atoms with Gasteiger partial charge in [0.05, 0.1) is 6.61 Å². The van der Waals surface area contributed by atoms with Gasteiger partial charge in [0, 0.05) is 5.92 Å². The van der Waals surface area contributed by atoms with E-state index in [1.165, 1.54) is 23.1 Å². The predicted molar refractivity (Wildman–Crippen MR) is 73.2 cm³/mol. The summed E-state index contributed by atoms with van der Waals surface area (Å²) in [5.41, 5.74) is 0. The predicted octanol–water partition coefficient (Wildman–Crippen LogP) is 1.93. The van der Waals surface area contributed by atoms with Crippen LogP contribution in [-0.2, 0) is 14.3 Å². The molecule has 0 spiro atoms. The highest BCUT2D eigenvalue weighted by molar-refractivity contribution is 8.02. The van der Waals surface area contributed by atoms with Gasteiger partial charge in [0.25, 0.3) is 0 Å². The lowest BCUT2D eigenvalue weighted by atomic mass is 10.4. The lowest BCUT2D eigenvalue weighted by molar-refractivity contribution is -0.142. The molecule has 1 amide bonds. The van der Waals surface area contributed by atoms with E-state index < -0.39 is 0 Å². The van der Waals surface area contributed by atoms with Crippen LogP contribution in [0.1, 0.15) is 26.7 Å². The normalized spacial score (nSPS) is 15.9. The molecule has 0 unspecified atom stereocenters. The third-order valence-corrected chi connectivity index (χ3v) is 4.48. The number of nitrogens with one attached hydrogen (secondary N) is 1. The van der Waals surface area contributed by atoms with Gasteiger partial charge in [-0.25, -0.2) is 0 Å². The molecule has 1 aliphatic carbocycles. The molecule has 19 heavy (non-hydrogen) atoms. The van der Waals surface area contributed by atoms with Crippen LogP contribution in [0.4, 0.5) is 5.13 Å². The number of rotatable bonds is 6. The molecule has 8 heteroatoms. The summed E-state index contributed by atoms with van der Waals surface area (Å²) in [6.07, 6.45) is 1.90. The average molecular weight is 301 g/mol. The highest BCUT2D eigenvalue weighted by Gasteiger charge is 2.30. The fraction of sp³-hybridized carbons (Fsp3) is 0.636. The Hall–Kier alpha value is -1.15. The molecule has 2 rings (SSSR count). The first-order chi connectivity index (χ1) is 9.10. The topological polar surface area (TPSA) is 81.2 Å². The molecule has 1 heterocycles. The SMILES string of the molecule is CCOC(=O)[C@H](C)Sc1nnc(NC(=O)C2CC2)s1. The van der Waals surface area contributed by atoms with E-state index in [1.807, 2.05) is 0 Å². The Kier molecular flexibility index (Phi) is 4.76. The molecule has 0 radical (unpaired) electrons. The molecule has 0 saturated heterocycles. The number of carbonyl (C=O) groups excluding carboxylic acids is 2. The van der Waals surface area contributed by atoms with Crippen LogP contribution in [0.15, 0.2) is 4.34 Å². The molecule has 1 aliphatic rings. The van der Waals surface area contributed by atoms with Crippen LogP contribution >= 0.6 is 23.1 Å². The smallest absolute Gasteiger partial charge is 0.319 e. The first kappa shape index (κ1) is 14.3. The largest absolute Gasteiger partial charge is 0.465 e. The van der Waals surface area contributed by atoms with E-state index in [0.717, 1.165) is 12.8 Å². The second kappa shape index (κ2) is 6.33. The van der Waals surface area contributed by atoms with Crippen molar-refractivity contribution in [2.24, 2.45) is 5.92 Å². The van der Waals surface area contributed by atoms with E-state index in [2.05, 4.69) is 15.5 Å². The molecule has 1 atom stereocenters. The summed E-state index contributed by atoms with van der Waals surface area (Å²) in [6.45, 7) is 3.89. The zero-order chi connectivity index (χ0) is 13.8. The van der Waals surface area contributed by atoms with Crippen molar-refractivity contribution in [2.75, 3.05) is 11.9 Å². The fourth-order valence-electron chi connectivity index (χ4n) is 1.32. The Labute approximate surface area is 119 Å². The van der Waals surface area contributed by atoms with Crippen molar-refractivity contribution >= 4 is 40.1 Å². The molecule has 0 bridgehead atoms. The number of ether oxygens (including phenoxy) is 1. The number of aromatic nitrogens is 2. The van der Waals surface area contributed by atoms with Crippen molar-refractivity contribution in [3.05, 3.63) is 0 Å². The quantitative estimate of drug-likeness (QED) is 0.491. The summed E-state index contributed by atoms with van der Waals surface area (Å²) in [7, 11) is 0. The molecule has 0 aromatic carbocycles. The highest BCUT2D eigenvalue weighted by Crippen LogP contribution is 2.32. The van der Waals surface area contributed by atoms with E-state index in [1.54, 1.807) is 13.8 Å². The zero-order valence-electron chi connectivity index (χ0n) is 10.7. The molecule has 6 nitrogen and oxygen atoms in total. The summed E-state index contributed by atoms with van der Waals surface area (Å²) >= 11 is 2.55. The number of carbonyl (C=O) groups is 2. The van der Waals surface area contributed by atoms with Gasteiger partial charge >= 0.3 is 5.97 Å². The van der Waals surface area contributed by atoms with Crippen molar-refractivity contribution in [1.29, 1.82) is 0 Å². The van der Waals surface area contributed by atoms with Crippen molar-refractivity contribution in [3.63, 3.8) is 0 Å². The van der Waals surface area contributed by atoms with Crippen LogP contribution in [0.3, 0.4) is 0 Å². The number of hydrogen-bond acceptors (Lipinski definition) is 7. The van der Waals surface area contributed by atoms with Crippen molar-refractivity contribution < 1.29 is 14.3 Å². The third kappa shape index (κ3) is 4.17. The fourth-order valence-corrected chi connectivity index (χ4v) is 3.22. The molecule has 0 aliphatic heterocycles. The van der Waals surface area contributed by atoms with Crippen molar-refractivity contribution in [3.8, 4) is 0 Å². The van der Waals surface area contributed by atoms with E-state index in [0.29, 0.717) is 16.1 Å². The minimum absolute atomic E-state index is 0.00569. The minimum Gasteiger partial charge on any atom is -0.465 e. The van der Waals surface area contributed by atoms with E-state index in [9.17, 15) is 9.59 Å². The Morgan fingerprint density at radius 1 is 1.53 bits per heavy atom. The van der Waals surface area contributed by atoms with Gasteiger partial charge in [0.2, 0.25) is 11.0 Å². The van der Waals surface area contributed by atoms with Gasteiger partial charge in [-0.15, -0.1) is 10.2 Å². The first-order valence-corrected chi connectivity index (χ1v) is 7.77. The Morgan fingerprint density at radius 2 is 2.26 bits per heavy atom. The molecule has 1 aromatic heterocycles. The van der Waals surface area contributed by atoms with Gasteiger partial charge in [-0.2, -0.15) is 0 Å². The molecular formula is C11H15N3O3S2. The number of amides is 1. The maximum absolute atomic E-state index is 11.5. The Bertz CT molecular complexity index is 474. The lowest BCUT2D eigenvalue weighted by Crippen LogP contribution is -2.16. The van der Waals surface area contributed by atoms with E-state index >= 15 is 0 Å². The lowest BCUT2D eigenvalue weighted by Gasteiger charge is -2.06. The number of thioether (sulfide) groups is 1. The first-order valence-electron chi connectivity index (χ1n) is 6.07. The average Bonchev–Trinajstić information content (AvgIpc) is 3.13. The Balaban J connectivity index is 1.86. The maximum Gasteiger partial charge on any atom is 0.319 e. The standard InChI is InChI=1S/C11H15N3O3S2/c1-3-17-9(16)6(2)18-11-14-13-10(19-11)12-8(15)7-4-5-7/h6-7H,3-5H2,1-2H3,(H,12,13,15)/t6-/m0/s1. The summed E-state index contributed by atoms with van der Waals surface area (Å²) in [5.74, 6) is -0.129. The molecule has 1 fully saturated rings. The number of anilines is 1. The van der Waals surface area contributed by atoms with Crippen LogP contribution in [0.2, 0.25) is 0 Å². The number of nitrogens with zero attached hydrogens (tertiary/aromatic N) is 2. The van der Waals surface area contributed by atoms with Gasteiger partial charge in [-0.3, -0.25) is 9.59 Å². The summed E-state index contributed by atoms with van der Waals surface area (Å²) in [6, 6.07) is 0. The van der Waals surface area contributed by atoms with Crippen molar-refractivity contribution in [1.82, 2.24) is 10.2 Å². The molecule has 104 valence electrons. The van der Waals surface area contributed by atoms with Gasteiger partial charge in [-0.05, 0) is 26.7 Å². The number of esters is 1. The second-order valence-corrected chi connectivity index (χ2v) is 6.71. The monoisotopic (exact) mass is 301 g/mol. The van der Waals surface area contributed by atoms with Gasteiger partial charge < -0.3 is 10.1 Å². The maximum atomic E-state index is 11.5. The van der Waals surface area contributed by atoms with Gasteiger partial charge in [0.15, 0.2) is 4.34 Å². The molecular weight excluding hydrogens is 286 g/mol. The van der Waals surface area contributed by atoms with Crippen LogP contribution in [0.5, 0.6) is 0 Å². The van der Waals surface area contributed by atoms with Crippen LogP contribution in [-0.4, -0.2) is 33.9 Å². The molecule has 1 aromatic rings. The van der Waals surface area contributed by atoms with Crippen LogP contribution in [0, 0.1) is 5.92 Å². The summed E-state index contributed by atoms with van der Waals surface area (Å²) < 4.78 is 5.56. The van der Waals surface area contributed by atoms with Crippen LogP contribution in [0.25, 0.3) is 0 Å². The number of hydrogen-bond donors (Lipinski definition) is 1. The van der Waals surface area contributed by atoms with Crippen LogP contribution < -0.4 is 5.32 Å². The third-order valence-electron chi connectivity index (χ3n) is 2.48. The van der Waals surface area contributed by atoms with E-state index in [-0.39, 0.29) is 23.0 Å². The van der Waals surface area contributed by atoms with Gasteiger partial charge in [0.1, 0.15) is 5.25 Å². The molecule has 1 N–H and O–H groups in total. The van der Waals surface area contributed by atoms with E-state index in [4.69, 9.17) is 4.74 Å². The molecule has 1 saturated carbocycles. The summed E-state index contributed by atoms with van der Waals surface area (Å²) in [5, 5.41) is 10.7.